The van der Waals surface area contributed by atoms with Crippen LogP contribution in [0.1, 0.15) is 12.8 Å². The smallest absolute Gasteiger partial charge is 0.409 e. The van der Waals surface area contributed by atoms with Crippen molar-refractivity contribution in [3.8, 4) is 0 Å². The number of rotatable bonds is 0. The number of hydrogen-bond acceptors (Lipinski definition) is 3. The number of amides is 1. The molecule has 1 amide bonds. The number of nitrogens with zero attached hydrogens (tertiary/aromatic N) is 2. The molecule has 78 valence electrons. The summed E-state index contributed by atoms with van der Waals surface area (Å²) in [6.45, 7) is 3.03. The molecule has 3 heterocycles. The fraction of sp³-hybridized carbons (Fsp3) is 0.900. The van der Waals surface area contributed by atoms with Crippen molar-refractivity contribution in [2.45, 2.75) is 24.9 Å². The molecule has 0 saturated carbocycles. The molecular formula is C10H16N2O2. The molecule has 0 spiro atoms. The van der Waals surface area contributed by atoms with Gasteiger partial charge in [0.1, 0.15) is 0 Å². The van der Waals surface area contributed by atoms with Crippen LogP contribution in [-0.4, -0.2) is 54.7 Å². The molecule has 0 radical (unpaired) electrons. The first-order valence-corrected chi connectivity index (χ1v) is 5.38. The van der Waals surface area contributed by atoms with Crippen LogP contribution in [0.2, 0.25) is 0 Å². The zero-order valence-electron chi connectivity index (χ0n) is 8.48. The minimum Gasteiger partial charge on any atom is -0.453 e. The lowest BCUT2D eigenvalue weighted by Gasteiger charge is -2.39. The van der Waals surface area contributed by atoms with Crippen LogP contribution in [0.25, 0.3) is 0 Å². The van der Waals surface area contributed by atoms with E-state index in [9.17, 15) is 4.79 Å². The molecule has 3 saturated heterocycles. The number of carbonyl (C=O) groups is 1. The molecule has 0 bridgehead atoms. The molecule has 14 heavy (non-hydrogen) atoms. The maximum absolute atomic E-state index is 11.3. The minimum atomic E-state index is -0.156. The van der Waals surface area contributed by atoms with Crippen LogP contribution in [-0.2, 0) is 4.74 Å². The molecule has 0 unspecified atom stereocenters. The molecule has 0 aromatic carbocycles. The minimum absolute atomic E-state index is 0.156. The fourth-order valence-corrected chi connectivity index (χ4v) is 3.24. The molecule has 0 aromatic rings. The third-order valence-corrected chi connectivity index (χ3v) is 4.03. The van der Waals surface area contributed by atoms with Crippen molar-refractivity contribution < 1.29 is 9.53 Å². The standard InChI is InChI=1S/C10H16N2O2/c1-14-10(13)11-5-7-4-8-2-3-12(8)9(7)6-11/h7-9H,2-6H2,1H3/t7-,8+,9+/m0/s1. The van der Waals surface area contributed by atoms with E-state index in [1.807, 2.05) is 4.90 Å². The van der Waals surface area contributed by atoms with Crippen LogP contribution in [0.15, 0.2) is 0 Å². The average molecular weight is 196 g/mol. The molecule has 0 aliphatic carbocycles. The predicted octanol–water partition coefficient (Wildman–Crippen LogP) is 0.531. The largest absolute Gasteiger partial charge is 0.453 e. The van der Waals surface area contributed by atoms with E-state index in [2.05, 4.69) is 4.90 Å². The van der Waals surface area contributed by atoms with Crippen LogP contribution < -0.4 is 0 Å². The zero-order valence-corrected chi connectivity index (χ0v) is 8.48. The van der Waals surface area contributed by atoms with Gasteiger partial charge in [-0.1, -0.05) is 0 Å². The lowest BCUT2D eigenvalue weighted by molar-refractivity contribution is 0.0812. The van der Waals surface area contributed by atoms with E-state index < -0.39 is 0 Å². The summed E-state index contributed by atoms with van der Waals surface area (Å²) in [4.78, 5) is 15.8. The third-order valence-electron chi connectivity index (χ3n) is 4.03. The Balaban J connectivity index is 1.69. The summed E-state index contributed by atoms with van der Waals surface area (Å²) in [7, 11) is 1.46. The molecular weight excluding hydrogens is 180 g/mol. The van der Waals surface area contributed by atoms with Gasteiger partial charge in [-0.05, 0) is 18.8 Å². The second kappa shape index (κ2) is 2.86. The Hall–Kier alpha value is -0.770. The Morgan fingerprint density at radius 1 is 1.43 bits per heavy atom. The maximum Gasteiger partial charge on any atom is 0.409 e. The van der Waals surface area contributed by atoms with Gasteiger partial charge < -0.3 is 9.64 Å². The van der Waals surface area contributed by atoms with Crippen LogP contribution in [0.3, 0.4) is 0 Å². The third kappa shape index (κ3) is 1.00. The summed E-state index contributed by atoms with van der Waals surface area (Å²) in [5.41, 5.74) is 0. The first-order valence-electron chi connectivity index (χ1n) is 5.38. The van der Waals surface area contributed by atoms with Crippen molar-refractivity contribution in [1.82, 2.24) is 9.80 Å². The lowest BCUT2D eigenvalue weighted by atomic mass is 10.0. The Labute approximate surface area is 83.8 Å². The van der Waals surface area contributed by atoms with Gasteiger partial charge in [0, 0.05) is 31.7 Å². The first-order chi connectivity index (χ1) is 6.79. The second-order valence-electron chi connectivity index (χ2n) is 4.62. The Morgan fingerprint density at radius 3 is 2.93 bits per heavy atom. The summed E-state index contributed by atoms with van der Waals surface area (Å²) in [6.07, 6.45) is 2.50. The molecule has 0 N–H and O–H groups in total. The van der Waals surface area contributed by atoms with E-state index in [-0.39, 0.29) is 6.09 Å². The molecule has 3 rings (SSSR count). The topological polar surface area (TPSA) is 32.8 Å². The molecule has 3 aliphatic heterocycles. The molecule has 4 heteroatoms. The van der Waals surface area contributed by atoms with Gasteiger partial charge in [-0.2, -0.15) is 0 Å². The lowest BCUT2D eigenvalue weighted by Crippen LogP contribution is -2.49. The van der Waals surface area contributed by atoms with E-state index in [1.54, 1.807) is 0 Å². The van der Waals surface area contributed by atoms with Crippen molar-refractivity contribution in [2.75, 3.05) is 26.7 Å². The van der Waals surface area contributed by atoms with Crippen LogP contribution in [0.5, 0.6) is 0 Å². The number of hydrogen-bond donors (Lipinski definition) is 0. The van der Waals surface area contributed by atoms with E-state index in [1.165, 1.54) is 26.5 Å². The van der Waals surface area contributed by atoms with Crippen molar-refractivity contribution in [2.24, 2.45) is 5.92 Å². The average Bonchev–Trinajstić information content (AvgIpc) is 2.63. The second-order valence-corrected chi connectivity index (χ2v) is 4.62. The van der Waals surface area contributed by atoms with Crippen LogP contribution >= 0.6 is 0 Å². The number of carbonyl (C=O) groups excluding carboxylic acids is 1. The Bertz CT molecular complexity index is 269. The summed E-state index contributed by atoms with van der Waals surface area (Å²) in [5, 5.41) is 0. The summed E-state index contributed by atoms with van der Waals surface area (Å²) < 4.78 is 4.75. The van der Waals surface area contributed by atoms with E-state index in [0.717, 1.165) is 19.1 Å². The Kier molecular flexibility index (Phi) is 1.74. The van der Waals surface area contributed by atoms with Gasteiger partial charge in [0.05, 0.1) is 7.11 Å². The van der Waals surface area contributed by atoms with Crippen molar-refractivity contribution >= 4 is 6.09 Å². The molecule has 4 nitrogen and oxygen atoms in total. The quantitative estimate of drug-likeness (QED) is 0.566. The normalized spacial score (nSPS) is 40.4. The fourth-order valence-electron chi connectivity index (χ4n) is 3.24. The van der Waals surface area contributed by atoms with Crippen LogP contribution in [0.4, 0.5) is 4.79 Å². The number of likely N-dealkylation sites (tertiary alicyclic amines) is 1. The highest BCUT2D eigenvalue weighted by atomic mass is 16.5. The predicted molar refractivity (Wildman–Crippen MR) is 51.0 cm³/mol. The summed E-state index contributed by atoms with van der Waals surface area (Å²) in [5.74, 6) is 0.710. The van der Waals surface area contributed by atoms with Crippen molar-refractivity contribution in [1.29, 1.82) is 0 Å². The van der Waals surface area contributed by atoms with Gasteiger partial charge >= 0.3 is 6.09 Å². The SMILES string of the molecule is COC(=O)N1C[C@@H]2C[C@H]3CCN3[C@@H]2C1. The molecule has 3 fully saturated rings. The van der Waals surface area contributed by atoms with Crippen LogP contribution in [0, 0.1) is 5.92 Å². The van der Waals surface area contributed by atoms with Crippen molar-refractivity contribution in [3.63, 3.8) is 0 Å². The van der Waals surface area contributed by atoms with Gasteiger partial charge in [0.2, 0.25) is 0 Å². The monoisotopic (exact) mass is 196 g/mol. The molecule has 0 aromatic heterocycles. The van der Waals surface area contributed by atoms with E-state index in [0.29, 0.717) is 12.0 Å². The van der Waals surface area contributed by atoms with Gasteiger partial charge in [0.15, 0.2) is 0 Å². The zero-order chi connectivity index (χ0) is 9.71. The highest BCUT2D eigenvalue weighted by molar-refractivity contribution is 5.68. The number of fused-ring (bicyclic) bond motifs is 3. The summed E-state index contributed by atoms with van der Waals surface area (Å²) in [6, 6.07) is 1.47. The van der Waals surface area contributed by atoms with Crippen molar-refractivity contribution in [3.05, 3.63) is 0 Å². The highest BCUT2D eigenvalue weighted by Gasteiger charge is 2.50. The molecule has 3 atom stereocenters. The van der Waals surface area contributed by atoms with Gasteiger partial charge in [0.25, 0.3) is 0 Å². The highest BCUT2D eigenvalue weighted by Crippen LogP contribution is 2.41. The molecule has 3 aliphatic rings. The number of methoxy groups -OCH3 is 1. The number of ether oxygens (including phenoxy) is 1. The van der Waals surface area contributed by atoms with E-state index in [4.69, 9.17) is 4.74 Å². The van der Waals surface area contributed by atoms with Gasteiger partial charge in [-0.3, -0.25) is 4.90 Å². The maximum atomic E-state index is 11.3. The van der Waals surface area contributed by atoms with E-state index >= 15 is 0 Å². The van der Waals surface area contributed by atoms with Gasteiger partial charge in [-0.25, -0.2) is 4.79 Å². The summed E-state index contributed by atoms with van der Waals surface area (Å²) >= 11 is 0. The Morgan fingerprint density at radius 2 is 2.29 bits per heavy atom. The van der Waals surface area contributed by atoms with Gasteiger partial charge in [-0.15, -0.1) is 0 Å². The first kappa shape index (κ1) is 8.53.